The van der Waals surface area contributed by atoms with Gasteiger partial charge < -0.3 is 19.4 Å². The van der Waals surface area contributed by atoms with Crippen LogP contribution in [0.3, 0.4) is 0 Å². The molecule has 0 aromatic heterocycles. The van der Waals surface area contributed by atoms with Crippen molar-refractivity contribution >= 4 is 26.8 Å². The van der Waals surface area contributed by atoms with Crippen LogP contribution < -0.4 is 5.32 Å². The number of hydrogen-bond donors (Lipinski definition) is 1. The molecule has 0 radical (unpaired) electrons. The average Bonchev–Trinajstić information content (AvgIpc) is 2.68. The van der Waals surface area contributed by atoms with Crippen molar-refractivity contribution in [3.63, 3.8) is 0 Å². The third kappa shape index (κ3) is 7.45. The van der Waals surface area contributed by atoms with Gasteiger partial charge in [0.05, 0.1) is 5.92 Å². The lowest BCUT2D eigenvalue weighted by molar-refractivity contribution is -0.143. The SMILES string of the molecule is C=CCOC(=O)N1CCC(CC(=O)C[C@H]2NC(=O)[C@H]2[C@@H](CO[SiH](C)C)C(C)(C)C)CC1. The molecule has 2 aliphatic heterocycles. The number of nitrogens with zero attached hydrogens (tertiary/aromatic N) is 1. The van der Waals surface area contributed by atoms with Crippen molar-refractivity contribution in [1.82, 2.24) is 10.2 Å². The summed E-state index contributed by atoms with van der Waals surface area (Å²) in [4.78, 5) is 38.8. The van der Waals surface area contributed by atoms with Gasteiger partial charge in [-0.2, -0.15) is 0 Å². The number of piperidine rings is 1. The van der Waals surface area contributed by atoms with Crippen molar-refractivity contribution < 1.29 is 23.5 Å². The number of β-lactam (4-membered cyclic amide) rings is 1. The monoisotopic (exact) mass is 452 g/mol. The molecule has 8 heteroatoms. The van der Waals surface area contributed by atoms with Crippen molar-refractivity contribution in [2.45, 2.75) is 65.6 Å². The van der Waals surface area contributed by atoms with E-state index in [2.05, 4.69) is 45.8 Å². The lowest BCUT2D eigenvalue weighted by atomic mass is 9.66. The third-order valence-corrected chi connectivity index (χ3v) is 7.24. The molecule has 2 fully saturated rings. The number of ketones is 1. The van der Waals surface area contributed by atoms with Gasteiger partial charge in [0.25, 0.3) is 0 Å². The minimum absolute atomic E-state index is 0.0399. The Labute approximate surface area is 188 Å². The molecule has 0 aliphatic carbocycles. The van der Waals surface area contributed by atoms with Gasteiger partial charge in [0, 0.05) is 38.6 Å². The van der Waals surface area contributed by atoms with Crippen molar-refractivity contribution in [2.24, 2.45) is 23.2 Å². The summed E-state index contributed by atoms with van der Waals surface area (Å²) in [5, 5.41) is 2.96. The second-order valence-electron chi connectivity index (χ2n) is 10.2. The molecule has 2 rings (SSSR count). The maximum atomic E-state index is 12.8. The van der Waals surface area contributed by atoms with E-state index in [1.54, 1.807) is 11.0 Å². The summed E-state index contributed by atoms with van der Waals surface area (Å²) in [7, 11) is -1.18. The number of rotatable bonds is 10. The quantitative estimate of drug-likeness (QED) is 0.313. The minimum atomic E-state index is -1.18. The first-order valence-electron chi connectivity index (χ1n) is 11.5. The third-order valence-electron chi connectivity index (χ3n) is 6.38. The highest BCUT2D eigenvalue weighted by atomic mass is 28.3. The van der Waals surface area contributed by atoms with Gasteiger partial charge in [0.1, 0.15) is 12.4 Å². The first-order chi connectivity index (χ1) is 14.5. The summed E-state index contributed by atoms with van der Waals surface area (Å²) in [6.45, 7) is 16.2. The molecular weight excluding hydrogens is 412 g/mol. The minimum Gasteiger partial charge on any atom is -0.445 e. The second-order valence-corrected chi connectivity index (χ2v) is 12.7. The summed E-state index contributed by atoms with van der Waals surface area (Å²) in [6.07, 6.45) is 3.72. The standard InChI is InChI=1S/C23H40N2O5Si/c1-7-12-29-22(28)25-10-8-16(9-11-25)13-17(26)14-19-20(21(27)24-19)18(23(2,3)4)15-30-31(5)6/h7,16,18-20,31H,1,8-15H2,2-6H3,(H,24,27)/t18-,19-,20+/m1/s1. The van der Waals surface area contributed by atoms with Crippen LogP contribution in [0.25, 0.3) is 0 Å². The van der Waals surface area contributed by atoms with Gasteiger partial charge in [-0.3, -0.25) is 9.59 Å². The molecule has 3 atom stereocenters. The lowest BCUT2D eigenvalue weighted by Gasteiger charge is -2.46. The Hall–Kier alpha value is -1.67. The molecule has 0 aromatic rings. The van der Waals surface area contributed by atoms with Crippen LogP contribution in [0.2, 0.25) is 13.1 Å². The van der Waals surface area contributed by atoms with Crippen molar-refractivity contribution in [1.29, 1.82) is 0 Å². The number of hydrogen-bond acceptors (Lipinski definition) is 5. The zero-order valence-electron chi connectivity index (χ0n) is 19.8. The van der Waals surface area contributed by atoms with E-state index in [-0.39, 0.29) is 53.6 Å². The zero-order chi connectivity index (χ0) is 23.2. The zero-order valence-corrected chi connectivity index (χ0v) is 21.0. The Kier molecular flexibility index (Phi) is 9.30. The molecule has 176 valence electrons. The molecule has 31 heavy (non-hydrogen) atoms. The van der Waals surface area contributed by atoms with Crippen LogP contribution in [-0.2, 0) is 18.8 Å². The number of amides is 2. The molecule has 0 bridgehead atoms. The Morgan fingerprint density at radius 2 is 1.90 bits per heavy atom. The highest BCUT2D eigenvalue weighted by Gasteiger charge is 2.48. The normalized spacial score (nSPS) is 23.2. The largest absolute Gasteiger partial charge is 0.445 e. The molecule has 2 saturated heterocycles. The summed E-state index contributed by atoms with van der Waals surface area (Å²) >= 11 is 0. The highest BCUT2D eigenvalue weighted by molar-refractivity contribution is 6.48. The number of nitrogens with one attached hydrogen (secondary N) is 1. The van der Waals surface area contributed by atoms with Gasteiger partial charge in [-0.25, -0.2) is 4.79 Å². The van der Waals surface area contributed by atoms with Crippen LogP contribution in [0.1, 0.15) is 46.5 Å². The van der Waals surface area contributed by atoms with Crippen LogP contribution >= 0.6 is 0 Å². The van der Waals surface area contributed by atoms with Crippen molar-refractivity contribution in [3.8, 4) is 0 Å². The summed E-state index contributed by atoms with van der Waals surface area (Å²) in [6, 6.07) is -0.101. The van der Waals surface area contributed by atoms with E-state index < -0.39 is 9.04 Å². The van der Waals surface area contributed by atoms with Crippen LogP contribution in [0.15, 0.2) is 12.7 Å². The maximum Gasteiger partial charge on any atom is 0.410 e. The predicted octanol–water partition coefficient (Wildman–Crippen LogP) is 3.15. The molecule has 0 aromatic carbocycles. The Morgan fingerprint density at radius 3 is 2.42 bits per heavy atom. The molecule has 2 aliphatic rings. The predicted molar refractivity (Wildman–Crippen MR) is 123 cm³/mol. The molecule has 1 N–H and O–H groups in total. The van der Waals surface area contributed by atoms with E-state index in [4.69, 9.17) is 9.16 Å². The topological polar surface area (TPSA) is 84.9 Å². The second kappa shape index (κ2) is 11.3. The van der Waals surface area contributed by atoms with Crippen LogP contribution in [0.4, 0.5) is 4.79 Å². The fourth-order valence-corrected chi connectivity index (χ4v) is 5.07. The first kappa shape index (κ1) is 25.6. The van der Waals surface area contributed by atoms with E-state index in [9.17, 15) is 14.4 Å². The van der Waals surface area contributed by atoms with Gasteiger partial charge in [-0.15, -0.1) is 0 Å². The van der Waals surface area contributed by atoms with E-state index in [1.807, 2.05) is 0 Å². The van der Waals surface area contributed by atoms with Gasteiger partial charge >= 0.3 is 6.09 Å². The number of ether oxygens (including phenoxy) is 1. The van der Waals surface area contributed by atoms with Crippen molar-refractivity contribution in [2.75, 3.05) is 26.3 Å². The molecule has 0 saturated carbocycles. The molecule has 0 unspecified atom stereocenters. The number of Topliss-reactive ketones (excluding diaryl/α,β-unsaturated/α-hetero) is 1. The fourth-order valence-electron chi connectivity index (χ4n) is 4.48. The molecule has 7 nitrogen and oxygen atoms in total. The Bertz CT molecular complexity index is 653. The smallest absolute Gasteiger partial charge is 0.410 e. The van der Waals surface area contributed by atoms with Gasteiger partial charge in [0.15, 0.2) is 9.04 Å². The Morgan fingerprint density at radius 1 is 1.26 bits per heavy atom. The van der Waals surface area contributed by atoms with Crippen LogP contribution in [0, 0.1) is 23.2 Å². The van der Waals surface area contributed by atoms with Gasteiger partial charge in [0.2, 0.25) is 5.91 Å². The molecular formula is C23H40N2O5Si. The number of carbonyl (C=O) groups excluding carboxylic acids is 3. The lowest BCUT2D eigenvalue weighted by Crippen LogP contribution is -2.63. The molecule has 2 amide bonds. The van der Waals surface area contributed by atoms with E-state index in [0.29, 0.717) is 32.5 Å². The van der Waals surface area contributed by atoms with E-state index >= 15 is 0 Å². The van der Waals surface area contributed by atoms with Crippen LogP contribution in [0.5, 0.6) is 0 Å². The fraction of sp³-hybridized carbons (Fsp3) is 0.783. The van der Waals surface area contributed by atoms with Gasteiger partial charge in [-0.05, 0) is 43.2 Å². The molecule has 0 spiro atoms. The number of likely N-dealkylation sites (tertiary alicyclic amines) is 1. The van der Waals surface area contributed by atoms with Crippen LogP contribution in [-0.4, -0.2) is 64.1 Å². The highest BCUT2D eigenvalue weighted by Crippen LogP contribution is 2.39. The average molecular weight is 453 g/mol. The van der Waals surface area contributed by atoms with Crippen molar-refractivity contribution in [3.05, 3.63) is 12.7 Å². The van der Waals surface area contributed by atoms with E-state index in [0.717, 1.165) is 12.8 Å². The maximum absolute atomic E-state index is 12.8. The number of carbonyl (C=O) groups is 3. The van der Waals surface area contributed by atoms with Gasteiger partial charge in [-0.1, -0.05) is 33.4 Å². The van der Waals surface area contributed by atoms with E-state index in [1.165, 1.54) is 0 Å². The summed E-state index contributed by atoms with van der Waals surface area (Å²) < 4.78 is 11.1. The molecule has 2 heterocycles. The summed E-state index contributed by atoms with van der Waals surface area (Å²) in [5.41, 5.74) is -0.0694. The summed E-state index contributed by atoms with van der Waals surface area (Å²) in [5.74, 6) is 0.434. The Balaban J connectivity index is 1.84. The first-order valence-corrected chi connectivity index (χ1v) is 14.3.